The molecule has 0 saturated carbocycles. The van der Waals surface area contributed by atoms with Crippen LogP contribution in [0.15, 0.2) is 12.3 Å². The summed E-state index contributed by atoms with van der Waals surface area (Å²) in [5, 5.41) is 6.23. The van der Waals surface area contributed by atoms with Gasteiger partial charge < -0.3 is 20.4 Å². The van der Waals surface area contributed by atoms with E-state index in [0.717, 1.165) is 45.6 Å². The molecule has 7 heteroatoms. The lowest BCUT2D eigenvalue weighted by atomic mass is 9.95. The molecule has 0 spiro atoms. The molecular weight excluding hydrogens is 354 g/mol. The van der Waals surface area contributed by atoms with Crippen molar-refractivity contribution in [2.45, 2.75) is 47.5 Å². The first-order chi connectivity index (χ1) is 13.3. The lowest BCUT2D eigenvalue weighted by Gasteiger charge is -2.31. The quantitative estimate of drug-likeness (QED) is 0.750. The zero-order valence-corrected chi connectivity index (χ0v) is 18.0. The third-order valence-electron chi connectivity index (χ3n) is 4.90. The Morgan fingerprint density at radius 3 is 2.50 bits per heavy atom. The Balaban J connectivity index is 2.36. The predicted molar refractivity (Wildman–Crippen MR) is 114 cm³/mol. The summed E-state index contributed by atoms with van der Waals surface area (Å²) >= 11 is 0. The van der Waals surface area contributed by atoms with Gasteiger partial charge in [-0.15, -0.1) is 0 Å². The minimum Gasteiger partial charge on any atom is -0.353 e. The number of hydrogen-bond acceptors (Lipinski definition) is 5. The maximum absolute atomic E-state index is 13.3. The number of aromatic nitrogens is 1. The molecular formula is C21H35N5O2. The molecule has 28 heavy (non-hydrogen) atoms. The fourth-order valence-electron chi connectivity index (χ4n) is 3.05. The first-order valence-electron chi connectivity index (χ1n) is 10.3. The van der Waals surface area contributed by atoms with Crippen LogP contribution in [0.5, 0.6) is 0 Å². The maximum atomic E-state index is 13.3. The summed E-state index contributed by atoms with van der Waals surface area (Å²) in [6, 6.07) is 1.78. The van der Waals surface area contributed by atoms with Crippen LogP contribution in [-0.4, -0.2) is 61.0 Å². The van der Waals surface area contributed by atoms with Gasteiger partial charge in [-0.3, -0.25) is 9.59 Å². The van der Waals surface area contributed by atoms with Gasteiger partial charge >= 0.3 is 0 Å². The number of piperazine rings is 1. The molecule has 2 N–H and O–H groups in total. The Bertz CT molecular complexity index is 678. The van der Waals surface area contributed by atoms with E-state index in [0.29, 0.717) is 23.6 Å². The molecule has 0 aliphatic carbocycles. The van der Waals surface area contributed by atoms with Gasteiger partial charge in [-0.05, 0) is 19.4 Å². The van der Waals surface area contributed by atoms with Crippen molar-refractivity contribution in [2.75, 3.05) is 49.5 Å². The van der Waals surface area contributed by atoms with Crippen LogP contribution < -0.4 is 15.5 Å². The van der Waals surface area contributed by atoms with Gasteiger partial charge in [-0.1, -0.05) is 34.1 Å². The van der Waals surface area contributed by atoms with Crippen LogP contribution in [0.25, 0.3) is 0 Å². The van der Waals surface area contributed by atoms with Gasteiger partial charge in [-0.25, -0.2) is 4.98 Å². The highest BCUT2D eigenvalue weighted by Gasteiger charge is 2.26. The Labute approximate surface area is 168 Å². The van der Waals surface area contributed by atoms with Gasteiger partial charge in [0.2, 0.25) is 5.91 Å². The van der Waals surface area contributed by atoms with E-state index < -0.39 is 5.41 Å². The van der Waals surface area contributed by atoms with Gasteiger partial charge in [0, 0.05) is 44.7 Å². The highest BCUT2D eigenvalue weighted by atomic mass is 16.2. The fraction of sp³-hybridized carbons (Fsp3) is 0.667. The topological polar surface area (TPSA) is 77.6 Å². The van der Waals surface area contributed by atoms with E-state index >= 15 is 0 Å². The molecule has 2 amide bonds. The summed E-state index contributed by atoms with van der Waals surface area (Å²) in [6.45, 7) is 14.4. The molecule has 1 aromatic heterocycles. The number of rotatable bonds is 7. The minimum absolute atomic E-state index is 0.0242. The summed E-state index contributed by atoms with van der Waals surface area (Å²) in [5.41, 5.74) is 0.609. The maximum Gasteiger partial charge on any atom is 0.257 e. The Morgan fingerprint density at radius 2 is 1.93 bits per heavy atom. The Hall–Kier alpha value is -2.15. The molecule has 7 nitrogen and oxygen atoms in total. The van der Waals surface area contributed by atoms with Gasteiger partial charge in [0.15, 0.2) is 0 Å². The molecule has 1 aliphatic rings. The van der Waals surface area contributed by atoms with Crippen LogP contribution in [0.3, 0.4) is 0 Å². The van der Waals surface area contributed by atoms with Crippen molar-refractivity contribution in [3.05, 3.63) is 17.8 Å². The molecule has 1 saturated heterocycles. The van der Waals surface area contributed by atoms with Crippen molar-refractivity contribution in [1.82, 2.24) is 15.2 Å². The van der Waals surface area contributed by atoms with Crippen LogP contribution in [0.1, 0.15) is 57.8 Å². The highest BCUT2D eigenvalue weighted by molar-refractivity contribution is 6.01. The number of unbranched alkanes of at least 4 members (excludes halogenated alkanes) is 1. The number of nitrogens with zero attached hydrogens (tertiary/aromatic N) is 3. The van der Waals surface area contributed by atoms with Crippen molar-refractivity contribution in [1.29, 1.82) is 0 Å². The molecule has 2 rings (SSSR count). The molecule has 1 aromatic rings. The lowest BCUT2D eigenvalue weighted by Crippen LogP contribution is -2.45. The number of nitrogens with one attached hydrogen (secondary N) is 2. The first kappa shape index (κ1) is 22.1. The molecule has 1 aliphatic heterocycles. The summed E-state index contributed by atoms with van der Waals surface area (Å²) in [4.78, 5) is 34.3. The summed E-state index contributed by atoms with van der Waals surface area (Å²) in [5.74, 6) is 0.583. The monoisotopic (exact) mass is 389 g/mol. The van der Waals surface area contributed by atoms with Crippen LogP contribution >= 0.6 is 0 Å². The molecule has 156 valence electrons. The molecule has 0 aromatic carbocycles. The van der Waals surface area contributed by atoms with Crippen molar-refractivity contribution >= 4 is 23.3 Å². The second kappa shape index (κ2) is 9.87. The van der Waals surface area contributed by atoms with Gasteiger partial charge in [0.05, 0.1) is 17.4 Å². The predicted octanol–water partition coefficient (Wildman–Crippen LogP) is 2.74. The third-order valence-corrected chi connectivity index (χ3v) is 4.90. The normalized spacial score (nSPS) is 14.7. The number of pyridine rings is 1. The van der Waals surface area contributed by atoms with E-state index in [1.54, 1.807) is 12.3 Å². The number of carbonyl (C=O) groups is 2. The van der Waals surface area contributed by atoms with Gasteiger partial charge in [-0.2, -0.15) is 0 Å². The van der Waals surface area contributed by atoms with Crippen molar-refractivity contribution in [3.63, 3.8) is 0 Å². The SMILES string of the molecule is CCCCN(CC)C(=O)c1cc(NC(=O)C(C)(C)C)cnc1N1CCNCC1. The summed E-state index contributed by atoms with van der Waals surface area (Å²) < 4.78 is 0. The van der Waals surface area contributed by atoms with E-state index in [1.807, 2.05) is 32.6 Å². The van der Waals surface area contributed by atoms with E-state index in [-0.39, 0.29) is 11.8 Å². The van der Waals surface area contributed by atoms with Crippen LogP contribution in [0.2, 0.25) is 0 Å². The number of hydrogen-bond donors (Lipinski definition) is 2. The van der Waals surface area contributed by atoms with Crippen molar-refractivity contribution in [3.8, 4) is 0 Å². The average Bonchev–Trinajstić information content (AvgIpc) is 2.68. The van der Waals surface area contributed by atoms with Crippen LogP contribution in [-0.2, 0) is 4.79 Å². The largest absolute Gasteiger partial charge is 0.353 e. The first-order valence-corrected chi connectivity index (χ1v) is 10.3. The molecule has 0 radical (unpaired) electrons. The average molecular weight is 390 g/mol. The zero-order chi connectivity index (χ0) is 20.7. The van der Waals surface area contributed by atoms with Gasteiger partial charge in [0.1, 0.15) is 5.82 Å². The molecule has 1 fully saturated rings. The molecule has 0 bridgehead atoms. The molecule has 2 heterocycles. The minimum atomic E-state index is -0.516. The standard InChI is InChI=1S/C21H35N5O2/c1-6-8-11-25(7-2)19(27)17-14-16(24-20(28)21(3,4)5)15-23-18(17)26-12-9-22-10-13-26/h14-15,22H,6-13H2,1-5H3,(H,24,28). The van der Waals surface area contributed by atoms with E-state index in [9.17, 15) is 9.59 Å². The molecule has 0 atom stereocenters. The van der Waals surface area contributed by atoms with Crippen LogP contribution in [0, 0.1) is 5.41 Å². The highest BCUT2D eigenvalue weighted by Crippen LogP contribution is 2.25. The lowest BCUT2D eigenvalue weighted by molar-refractivity contribution is -0.123. The second-order valence-corrected chi connectivity index (χ2v) is 8.27. The Kier molecular flexibility index (Phi) is 7.80. The number of anilines is 2. The Morgan fingerprint density at radius 1 is 1.25 bits per heavy atom. The van der Waals surface area contributed by atoms with Crippen molar-refractivity contribution in [2.24, 2.45) is 5.41 Å². The summed E-state index contributed by atoms with van der Waals surface area (Å²) in [6.07, 6.45) is 3.66. The zero-order valence-electron chi connectivity index (χ0n) is 18.0. The molecule has 0 unspecified atom stereocenters. The van der Waals surface area contributed by atoms with E-state index in [1.165, 1.54) is 0 Å². The van der Waals surface area contributed by atoms with E-state index in [2.05, 4.69) is 27.4 Å². The fourth-order valence-corrected chi connectivity index (χ4v) is 3.05. The number of amides is 2. The second-order valence-electron chi connectivity index (χ2n) is 8.27. The number of carbonyl (C=O) groups excluding carboxylic acids is 2. The third kappa shape index (κ3) is 5.67. The summed E-state index contributed by atoms with van der Waals surface area (Å²) in [7, 11) is 0. The van der Waals surface area contributed by atoms with Crippen molar-refractivity contribution < 1.29 is 9.59 Å². The van der Waals surface area contributed by atoms with Crippen LogP contribution in [0.4, 0.5) is 11.5 Å². The van der Waals surface area contributed by atoms with E-state index in [4.69, 9.17) is 0 Å². The smallest absolute Gasteiger partial charge is 0.257 e. The van der Waals surface area contributed by atoms with Gasteiger partial charge in [0.25, 0.3) is 5.91 Å².